The van der Waals surface area contributed by atoms with Crippen LogP contribution in [0.1, 0.15) is 30.5 Å². The van der Waals surface area contributed by atoms with E-state index in [4.69, 9.17) is 0 Å². The summed E-state index contributed by atoms with van der Waals surface area (Å²) < 4.78 is 0. The molecule has 2 heterocycles. The van der Waals surface area contributed by atoms with Crippen LogP contribution in [0.15, 0.2) is 5.38 Å². The normalized spacial score (nSPS) is 27.2. The van der Waals surface area contributed by atoms with E-state index in [0.29, 0.717) is 12.0 Å². The van der Waals surface area contributed by atoms with Crippen molar-refractivity contribution in [2.24, 2.45) is 5.92 Å². The Balaban J connectivity index is 2.02. The Morgan fingerprint density at radius 2 is 2.44 bits per heavy atom. The van der Waals surface area contributed by atoms with Crippen molar-refractivity contribution >= 4 is 11.3 Å². The molecule has 0 bridgehead atoms. The molecule has 0 aromatic carbocycles. The van der Waals surface area contributed by atoms with Crippen molar-refractivity contribution in [2.45, 2.75) is 39.3 Å². The molecule has 1 aromatic rings. The van der Waals surface area contributed by atoms with Crippen LogP contribution >= 0.6 is 11.3 Å². The topological polar surface area (TPSA) is 36.4 Å². The molecular formula is C12H20N2OS. The lowest BCUT2D eigenvalue weighted by Gasteiger charge is -2.38. The highest BCUT2D eigenvalue weighted by Crippen LogP contribution is 2.24. The summed E-state index contributed by atoms with van der Waals surface area (Å²) in [5.74, 6) is 0.596. The summed E-state index contributed by atoms with van der Waals surface area (Å²) in [5, 5.41) is 12.7. The molecule has 16 heavy (non-hydrogen) atoms. The Bertz CT molecular complexity index is 340. The third-order valence-electron chi connectivity index (χ3n) is 3.45. The van der Waals surface area contributed by atoms with Gasteiger partial charge in [0.15, 0.2) is 0 Å². The van der Waals surface area contributed by atoms with Gasteiger partial charge in [-0.2, -0.15) is 0 Å². The number of hydrogen-bond donors (Lipinski definition) is 1. The lowest BCUT2D eigenvalue weighted by molar-refractivity contribution is 0.0465. The zero-order valence-corrected chi connectivity index (χ0v) is 10.8. The molecule has 0 saturated carbocycles. The molecule has 2 rings (SSSR count). The van der Waals surface area contributed by atoms with Crippen LogP contribution in [-0.2, 0) is 6.54 Å². The van der Waals surface area contributed by atoms with E-state index in [9.17, 15) is 5.11 Å². The summed E-state index contributed by atoms with van der Waals surface area (Å²) in [5.41, 5.74) is 1.15. The van der Waals surface area contributed by atoms with Crippen LogP contribution in [0.25, 0.3) is 0 Å². The van der Waals surface area contributed by atoms with Crippen LogP contribution in [0.3, 0.4) is 0 Å². The van der Waals surface area contributed by atoms with E-state index >= 15 is 0 Å². The Morgan fingerprint density at radius 3 is 3.06 bits per heavy atom. The van der Waals surface area contributed by atoms with Gasteiger partial charge in [0.25, 0.3) is 0 Å². The molecule has 2 atom stereocenters. The highest BCUT2D eigenvalue weighted by Gasteiger charge is 2.28. The monoisotopic (exact) mass is 240 g/mol. The van der Waals surface area contributed by atoms with Crippen molar-refractivity contribution in [1.29, 1.82) is 0 Å². The molecule has 1 saturated heterocycles. The van der Waals surface area contributed by atoms with Crippen LogP contribution < -0.4 is 0 Å². The van der Waals surface area contributed by atoms with Crippen LogP contribution in [0.5, 0.6) is 0 Å². The fraction of sp³-hybridized carbons (Fsp3) is 0.750. The summed E-state index contributed by atoms with van der Waals surface area (Å²) in [6.07, 6.45) is 2.47. The molecule has 0 amide bonds. The number of piperidine rings is 1. The SMILES string of the molecule is Cc1nc(CN2CCCC(C)C2CO)cs1. The Kier molecular flexibility index (Phi) is 3.95. The average molecular weight is 240 g/mol. The minimum absolute atomic E-state index is 0.268. The van der Waals surface area contributed by atoms with Gasteiger partial charge < -0.3 is 5.11 Å². The maximum absolute atomic E-state index is 9.46. The summed E-state index contributed by atoms with van der Waals surface area (Å²) >= 11 is 1.70. The maximum Gasteiger partial charge on any atom is 0.0897 e. The van der Waals surface area contributed by atoms with Gasteiger partial charge in [0.1, 0.15) is 0 Å². The Morgan fingerprint density at radius 1 is 1.62 bits per heavy atom. The number of aliphatic hydroxyl groups excluding tert-OH is 1. The molecule has 1 N–H and O–H groups in total. The first-order valence-electron chi connectivity index (χ1n) is 5.96. The fourth-order valence-electron chi connectivity index (χ4n) is 2.52. The molecule has 90 valence electrons. The van der Waals surface area contributed by atoms with Crippen LogP contribution in [0.2, 0.25) is 0 Å². The maximum atomic E-state index is 9.46. The van der Waals surface area contributed by atoms with Gasteiger partial charge in [-0.15, -0.1) is 11.3 Å². The predicted octanol–water partition coefficient (Wildman–Crippen LogP) is 2.04. The standard InChI is InChI=1S/C12H20N2OS/c1-9-4-3-5-14(12(9)7-15)6-11-8-16-10(2)13-11/h8-9,12,15H,3-7H2,1-2H3. The largest absolute Gasteiger partial charge is 0.395 e. The first kappa shape index (κ1) is 12.0. The van der Waals surface area contributed by atoms with E-state index in [-0.39, 0.29) is 6.61 Å². The van der Waals surface area contributed by atoms with Gasteiger partial charge in [-0.25, -0.2) is 4.98 Å². The zero-order valence-electron chi connectivity index (χ0n) is 10.0. The van der Waals surface area contributed by atoms with Crippen molar-refractivity contribution < 1.29 is 5.11 Å². The number of likely N-dealkylation sites (tertiary alicyclic amines) is 1. The van der Waals surface area contributed by atoms with Crippen LogP contribution in [0, 0.1) is 12.8 Å². The molecule has 3 nitrogen and oxygen atoms in total. The first-order valence-corrected chi connectivity index (χ1v) is 6.84. The van der Waals surface area contributed by atoms with E-state index < -0.39 is 0 Å². The average Bonchev–Trinajstić information content (AvgIpc) is 2.64. The van der Waals surface area contributed by atoms with Gasteiger partial charge in [0.2, 0.25) is 0 Å². The predicted molar refractivity (Wildman–Crippen MR) is 66.5 cm³/mol. The molecule has 0 spiro atoms. The van der Waals surface area contributed by atoms with Gasteiger partial charge in [0, 0.05) is 18.0 Å². The van der Waals surface area contributed by atoms with Gasteiger partial charge in [-0.3, -0.25) is 4.90 Å². The highest BCUT2D eigenvalue weighted by atomic mass is 32.1. The van der Waals surface area contributed by atoms with Crippen molar-refractivity contribution in [3.05, 3.63) is 16.1 Å². The Labute approximate surface area is 101 Å². The van der Waals surface area contributed by atoms with E-state index in [1.165, 1.54) is 12.8 Å². The van der Waals surface area contributed by atoms with E-state index in [2.05, 4.69) is 22.2 Å². The minimum Gasteiger partial charge on any atom is -0.395 e. The summed E-state index contributed by atoms with van der Waals surface area (Å²) in [6, 6.07) is 0.316. The molecule has 1 aliphatic heterocycles. The van der Waals surface area contributed by atoms with Crippen molar-refractivity contribution in [3.63, 3.8) is 0 Å². The van der Waals surface area contributed by atoms with E-state index in [1.807, 2.05) is 6.92 Å². The second kappa shape index (κ2) is 5.25. The van der Waals surface area contributed by atoms with Crippen molar-refractivity contribution in [2.75, 3.05) is 13.2 Å². The molecule has 1 aliphatic rings. The third-order valence-corrected chi connectivity index (χ3v) is 4.27. The number of aliphatic hydroxyl groups is 1. The number of hydrogen-bond acceptors (Lipinski definition) is 4. The second-order valence-corrected chi connectivity index (χ2v) is 5.76. The van der Waals surface area contributed by atoms with Gasteiger partial charge in [-0.1, -0.05) is 6.92 Å². The number of aryl methyl sites for hydroxylation is 1. The summed E-state index contributed by atoms with van der Waals surface area (Å²) in [7, 11) is 0. The fourth-order valence-corrected chi connectivity index (χ4v) is 3.12. The summed E-state index contributed by atoms with van der Waals surface area (Å²) in [6.45, 7) is 6.52. The highest BCUT2D eigenvalue weighted by molar-refractivity contribution is 7.09. The lowest BCUT2D eigenvalue weighted by atomic mass is 9.91. The third kappa shape index (κ3) is 2.62. The summed E-state index contributed by atoms with van der Waals surface area (Å²) in [4.78, 5) is 6.87. The number of thiazole rings is 1. The molecule has 2 unspecified atom stereocenters. The number of nitrogens with zero attached hydrogens (tertiary/aromatic N) is 2. The second-order valence-electron chi connectivity index (χ2n) is 4.70. The Hall–Kier alpha value is -0.450. The van der Waals surface area contributed by atoms with Gasteiger partial charge >= 0.3 is 0 Å². The van der Waals surface area contributed by atoms with Crippen LogP contribution in [0.4, 0.5) is 0 Å². The molecule has 0 aliphatic carbocycles. The lowest BCUT2D eigenvalue weighted by Crippen LogP contribution is -2.46. The van der Waals surface area contributed by atoms with Gasteiger partial charge in [0.05, 0.1) is 17.3 Å². The molecular weight excluding hydrogens is 220 g/mol. The van der Waals surface area contributed by atoms with Crippen molar-refractivity contribution in [3.8, 4) is 0 Å². The quantitative estimate of drug-likeness (QED) is 0.878. The molecule has 4 heteroatoms. The van der Waals surface area contributed by atoms with Crippen LogP contribution in [-0.4, -0.2) is 34.2 Å². The minimum atomic E-state index is 0.268. The van der Waals surface area contributed by atoms with E-state index in [1.54, 1.807) is 11.3 Å². The smallest absolute Gasteiger partial charge is 0.0897 e. The number of rotatable bonds is 3. The first-order chi connectivity index (χ1) is 7.70. The van der Waals surface area contributed by atoms with Gasteiger partial charge in [-0.05, 0) is 32.2 Å². The van der Waals surface area contributed by atoms with E-state index in [0.717, 1.165) is 23.8 Å². The number of aromatic nitrogens is 1. The van der Waals surface area contributed by atoms with Crippen molar-refractivity contribution in [1.82, 2.24) is 9.88 Å². The zero-order chi connectivity index (χ0) is 11.5. The molecule has 0 radical (unpaired) electrons. The molecule has 1 fully saturated rings. The molecule has 1 aromatic heterocycles.